The lowest BCUT2D eigenvalue weighted by molar-refractivity contribution is 0.177. The number of likely N-dealkylation sites (tertiary alicyclic amines) is 1. The Morgan fingerprint density at radius 1 is 1.25 bits per heavy atom. The van der Waals surface area contributed by atoms with Crippen molar-refractivity contribution in [2.24, 2.45) is 0 Å². The first kappa shape index (κ1) is 12.1. The fraction of sp³-hybridized carbons (Fsp3) is 0.636. The van der Waals surface area contributed by atoms with Crippen LogP contribution in [-0.2, 0) is 0 Å². The third-order valence-electron chi connectivity index (χ3n) is 3.25. The highest BCUT2D eigenvalue weighted by molar-refractivity contribution is 7.22. The second kappa shape index (κ2) is 5.32. The van der Waals surface area contributed by atoms with Gasteiger partial charge in [0.25, 0.3) is 0 Å². The fourth-order valence-electron chi connectivity index (χ4n) is 2.22. The van der Waals surface area contributed by atoms with E-state index in [4.69, 9.17) is 10.0 Å². The third kappa shape index (κ3) is 2.66. The van der Waals surface area contributed by atoms with Gasteiger partial charge in [-0.05, 0) is 38.9 Å². The van der Waals surface area contributed by atoms with E-state index in [0.29, 0.717) is 10.8 Å². The largest absolute Gasteiger partial charge is 0.499 e. The molecule has 1 aliphatic heterocycles. The molecule has 16 heavy (non-hydrogen) atoms. The lowest BCUT2D eigenvalue weighted by atomic mass is 9.90. The van der Waals surface area contributed by atoms with E-state index < -0.39 is 7.12 Å². The molecule has 0 saturated carbocycles. The van der Waals surface area contributed by atoms with Crippen LogP contribution in [0.5, 0.6) is 0 Å². The Bertz CT molecular complexity index is 336. The Hall–Kier alpha value is -0.355. The first-order valence-electron chi connectivity index (χ1n) is 5.88. The predicted octanol–water partition coefficient (Wildman–Crippen LogP) is 0.975. The van der Waals surface area contributed by atoms with Crippen molar-refractivity contribution in [3.05, 3.63) is 17.0 Å². The van der Waals surface area contributed by atoms with Crippen LogP contribution in [0, 0.1) is 0 Å². The van der Waals surface area contributed by atoms with Gasteiger partial charge in [0.05, 0.1) is 0 Å². The second-order valence-electron chi connectivity index (χ2n) is 4.39. The van der Waals surface area contributed by atoms with Gasteiger partial charge in [0.2, 0.25) is 0 Å². The standard InChI is InChI=1S/C11H18BNO2S/c1-9(13-7-3-2-4-8-13)10-5-6-11(16-10)12(14)15/h5-6,9,14-15H,2-4,7-8H2,1H3/t9-/m0/s1. The van der Waals surface area contributed by atoms with Gasteiger partial charge in [-0.3, -0.25) is 4.90 Å². The molecule has 0 bridgehead atoms. The Balaban J connectivity index is 2.04. The van der Waals surface area contributed by atoms with Crippen molar-refractivity contribution in [3.8, 4) is 0 Å². The van der Waals surface area contributed by atoms with E-state index in [9.17, 15) is 0 Å². The summed E-state index contributed by atoms with van der Waals surface area (Å²) in [6, 6.07) is 4.22. The molecule has 1 atom stereocenters. The minimum atomic E-state index is -1.33. The summed E-state index contributed by atoms with van der Waals surface area (Å²) in [5, 5.41) is 18.2. The number of rotatable bonds is 3. The average Bonchev–Trinajstić information content (AvgIpc) is 2.78. The molecular weight excluding hydrogens is 221 g/mol. The molecule has 0 aromatic carbocycles. The molecule has 1 aromatic rings. The van der Waals surface area contributed by atoms with Gasteiger partial charge in [0.15, 0.2) is 0 Å². The van der Waals surface area contributed by atoms with Crippen LogP contribution in [0.3, 0.4) is 0 Å². The number of nitrogens with zero attached hydrogens (tertiary/aromatic N) is 1. The van der Waals surface area contributed by atoms with Gasteiger partial charge in [-0.25, -0.2) is 0 Å². The average molecular weight is 239 g/mol. The summed E-state index contributed by atoms with van der Waals surface area (Å²) in [6.07, 6.45) is 3.91. The molecule has 1 saturated heterocycles. The molecule has 2 rings (SSSR count). The van der Waals surface area contributed by atoms with Gasteiger partial charge >= 0.3 is 7.12 Å². The van der Waals surface area contributed by atoms with Crippen molar-refractivity contribution in [2.75, 3.05) is 13.1 Å². The van der Waals surface area contributed by atoms with E-state index in [-0.39, 0.29) is 0 Å². The van der Waals surface area contributed by atoms with Crippen LogP contribution in [0.4, 0.5) is 0 Å². The molecule has 0 spiro atoms. The number of piperidine rings is 1. The summed E-state index contributed by atoms with van der Waals surface area (Å²) in [5.41, 5.74) is 0. The Morgan fingerprint density at radius 3 is 2.50 bits per heavy atom. The van der Waals surface area contributed by atoms with Gasteiger partial charge in [-0.1, -0.05) is 12.5 Å². The quantitative estimate of drug-likeness (QED) is 0.772. The molecule has 1 fully saturated rings. The number of thiophene rings is 1. The summed E-state index contributed by atoms with van der Waals surface area (Å²) in [7, 11) is -1.33. The highest BCUT2D eigenvalue weighted by Gasteiger charge is 2.21. The van der Waals surface area contributed by atoms with Crippen LogP contribution >= 0.6 is 11.3 Å². The van der Waals surface area contributed by atoms with Crippen LogP contribution < -0.4 is 4.78 Å². The normalized spacial score (nSPS) is 19.7. The van der Waals surface area contributed by atoms with Gasteiger partial charge in [0.1, 0.15) is 0 Å². The minimum absolute atomic E-state index is 0.401. The zero-order valence-electron chi connectivity index (χ0n) is 9.59. The van der Waals surface area contributed by atoms with E-state index in [1.165, 1.54) is 35.5 Å². The molecule has 88 valence electrons. The van der Waals surface area contributed by atoms with Crippen molar-refractivity contribution >= 4 is 23.2 Å². The maximum atomic E-state index is 9.08. The predicted molar refractivity (Wildman–Crippen MR) is 68.0 cm³/mol. The van der Waals surface area contributed by atoms with Crippen LogP contribution in [0.1, 0.15) is 37.1 Å². The minimum Gasteiger partial charge on any atom is -0.423 e. The van der Waals surface area contributed by atoms with Crippen molar-refractivity contribution in [3.63, 3.8) is 0 Å². The summed E-state index contributed by atoms with van der Waals surface area (Å²) < 4.78 is 0.638. The van der Waals surface area contributed by atoms with Crippen molar-refractivity contribution in [1.29, 1.82) is 0 Å². The van der Waals surface area contributed by atoms with Crippen LogP contribution in [0.2, 0.25) is 0 Å². The van der Waals surface area contributed by atoms with Gasteiger partial charge in [-0.15, -0.1) is 11.3 Å². The molecule has 0 radical (unpaired) electrons. The highest BCUT2D eigenvalue weighted by Crippen LogP contribution is 2.26. The molecule has 0 unspecified atom stereocenters. The first-order chi connectivity index (χ1) is 7.68. The molecule has 2 heterocycles. The van der Waals surface area contributed by atoms with Crippen LogP contribution in [0.25, 0.3) is 0 Å². The SMILES string of the molecule is C[C@@H](c1ccc(B(O)O)s1)N1CCCCC1. The molecule has 1 aromatic heterocycles. The first-order valence-corrected chi connectivity index (χ1v) is 6.70. The molecule has 0 amide bonds. The van der Waals surface area contributed by atoms with E-state index in [2.05, 4.69) is 11.8 Å². The molecule has 5 heteroatoms. The maximum Gasteiger partial charge on any atom is 0.499 e. The van der Waals surface area contributed by atoms with E-state index in [0.717, 1.165) is 13.1 Å². The van der Waals surface area contributed by atoms with Gasteiger partial charge < -0.3 is 10.0 Å². The van der Waals surface area contributed by atoms with Crippen LogP contribution in [-0.4, -0.2) is 35.2 Å². The van der Waals surface area contributed by atoms with Gasteiger partial charge in [-0.2, -0.15) is 0 Å². The zero-order valence-corrected chi connectivity index (χ0v) is 10.4. The monoisotopic (exact) mass is 239 g/mol. The lowest BCUT2D eigenvalue weighted by Crippen LogP contribution is -2.32. The molecule has 3 nitrogen and oxygen atoms in total. The van der Waals surface area contributed by atoms with E-state index >= 15 is 0 Å². The van der Waals surface area contributed by atoms with Gasteiger partial charge in [0, 0.05) is 15.7 Å². The zero-order chi connectivity index (χ0) is 11.5. The van der Waals surface area contributed by atoms with Crippen molar-refractivity contribution in [2.45, 2.75) is 32.2 Å². The number of hydrogen-bond donors (Lipinski definition) is 2. The second-order valence-corrected chi connectivity index (χ2v) is 5.53. The lowest BCUT2D eigenvalue weighted by Gasteiger charge is -2.31. The molecule has 0 aliphatic carbocycles. The smallest absolute Gasteiger partial charge is 0.423 e. The Labute approximate surface area is 101 Å². The molecule has 2 N–H and O–H groups in total. The summed E-state index contributed by atoms with van der Waals surface area (Å²) in [4.78, 5) is 3.70. The molecule has 1 aliphatic rings. The van der Waals surface area contributed by atoms with E-state index in [1.54, 1.807) is 0 Å². The highest BCUT2D eigenvalue weighted by atomic mass is 32.1. The maximum absolute atomic E-state index is 9.08. The van der Waals surface area contributed by atoms with E-state index in [1.807, 2.05) is 12.1 Å². The Morgan fingerprint density at radius 2 is 1.94 bits per heavy atom. The Kier molecular flexibility index (Phi) is 4.02. The summed E-state index contributed by atoms with van der Waals surface area (Å²) in [6.45, 7) is 4.52. The third-order valence-corrected chi connectivity index (χ3v) is 4.55. The van der Waals surface area contributed by atoms with Crippen molar-refractivity contribution < 1.29 is 10.0 Å². The number of hydrogen-bond acceptors (Lipinski definition) is 4. The van der Waals surface area contributed by atoms with Crippen molar-refractivity contribution in [1.82, 2.24) is 4.90 Å². The van der Waals surface area contributed by atoms with Crippen LogP contribution in [0.15, 0.2) is 12.1 Å². The fourth-order valence-corrected chi connectivity index (χ4v) is 3.19. The summed E-state index contributed by atoms with van der Waals surface area (Å²) >= 11 is 1.50. The topological polar surface area (TPSA) is 43.7 Å². The molecular formula is C11H18BNO2S. The summed E-state index contributed by atoms with van der Waals surface area (Å²) in [5.74, 6) is 0.